The molecule has 0 atom stereocenters. The van der Waals surface area contributed by atoms with E-state index in [0.29, 0.717) is 44.7 Å². The van der Waals surface area contributed by atoms with Gasteiger partial charge in [-0.3, -0.25) is 19.7 Å². The Morgan fingerprint density at radius 2 is 1.85 bits per heavy atom. The number of halogens is 3. The molecule has 1 saturated heterocycles. The van der Waals surface area contributed by atoms with Gasteiger partial charge in [0, 0.05) is 45.0 Å². The second-order valence-corrected chi connectivity index (χ2v) is 6.21. The zero-order valence-electron chi connectivity index (χ0n) is 14.1. The highest BCUT2D eigenvalue weighted by Crippen LogP contribution is 2.27. The summed E-state index contributed by atoms with van der Waals surface area (Å²) in [5.74, 6) is 0.0590. The minimum atomic E-state index is -4.43. The van der Waals surface area contributed by atoms with E-state index < -0.39 is 11.9 Å². The van der Waals surface area contributed by atoms with Gasteiger partial charge in [-0.2, -0.15) is 13.2 Å². The molecule has 0 bridgehead atoms. The van der Waals surface area contributed by atoms with Crippen molar-refractivity contribution in [3.8, 4) is 0 Å². The average Bonchev–Trinajstić information content (AvgIpc) is 2.78. The van der Waals surface area contributed by atoms with Crippen molar-refractivity contribution >= 4 is 5.91 Å². The van der Waals surface area contributed by atoms with Crippen molar-refractivity contribution in [2.75, 3.05) is 19.6 Å². The van der Waals surface area contributed by atoms with Crippen molar-refractivity contribution in [3.05, 3.63) is 59.7 Å². The Morgan fingerprint density at radius 1 is 1.00 bits per heavy atom. The van der Waals surface area contributed by atoms with Crippen molar-refractivity contribution in [1.29, 1.82) is 0 Å². The van der Waals surface area contributed by atoms with Crippen LogP contribution in [-0.2, 0) is 24.1 Å². The topological polar surface area (TPSA) is 49.3 Å². The molecular formula is C18H19F3N4O. The standard InChI is InChI=1S/C18H19F3N4O/c19-18(20,21)16-5-4-14(11-23-16)12-24-8-6-17(26)25(10-9-24)13-15-3-1-2-7-22-15/h1-5,7,11H,6,8-10,12-13H2. The summed E-state index contributed by atoms with van der Waals surface area (Å²) < 4.78 is 37.7. The third kappa shape index (κ3) is 4.78. The number of amides is 1. The molecule has 1 fully saturated rings. The van der Waals surface area contributed by atoms with Gasteiger partial charge in [0.1, 0.15) is 5.69 Å². The highest BCUT2D eigenvalue weighted by Gasteiger charge is 2.32. The van der Waals surface area contributed by atoms with E-state index in [0.717, 1.165) is 11.8 Å². The molecule has 8 heteroatoms. The number of nitrogens with zero attached hydrogens (tertiary/aromatic N) is 4. The first kappa shape index (κ1) is 18.3. The minimum Gasteiger partial charge on any atom is -0.335 e. The van der Waals surface area contributed by atoms with Crippen LogP contribution in [0.3, 0.4) is 0 Å². The fourth-order valence-electron chi connectivity index (χ4n) is 2.87. The number of hydrogen-bond acceptors (Lipinski definition) is 4. The highest BCUT2D eigenvalue weighted by molar-refractivity contribution is 5.76. The second kappa shape index (κ2) is 7.82. The van der Waals surface area contributed by atoms with Gasteiger partial charge in [0.25, 0.3) is 0 Å². The van der Waals surface area contributed by atoms with Crippen LogP contribution >= 0.6 is 0 Å². The van der Waals surface area contributed by atoms with Gasteiger partial charge in [-0.15, -0.1) is 0 Å². The average molecular weight is 364 g/mol. The zero-order chi connectivity index (χ0) is 18.6. The van der Waals surface area contributed by atoms with E-state index in [1.165, 1.54) is 12.3 Å². The van der Waals surface area contributed by atoms with Crippen LogP contribution in [0.4, 0.5) is 13.2 Å². The predicted octanol–water partition coefficient (Wildman–Crippen LogP) is 2.73. The molecule has 5 nitrogen and oxygen atoms in total. The Morgan fingerprint density at radius 3 is 2.50 bits per heavy atom. The molecule has 0 aliphatic carbocycles. The smallest absolute Gasteiger partial charge is 0.335 e. The summed E-state index contributed by atoms with van der Waals surface area (Å²) in [5.41, 5.74) is 0.638. The lowest BCUT2D eigenvalue weighted by Crippen LogP contribution is -2.33. The van der Waals surface area contributed by atoms with E-state index >= 15 is 0 Å². The third-order valence-corrected chi connectivity index (χ3v) is 4.28. The van der Waals surface area contributed by atoms with Gasteiger partial charge in [-0.05, 0) is 23.8 Å². The second-order valence-electron chi connectivity index (χ2n) is 6.21. The van der Waals surface area contributed by atoms with Crippen LogP contribution in [0, 0.1) is 0 Å². The number of rotatable bonds is 4. The summed E-state index contributed by atoms with van der Waals surface area (Å²) >= 11 is 0. The molecule has 0 N–H and O–H groups in total. The van der Waals surface area contributed by atoms with Crippen LogP contribution in [-0.4, -0.2) is 45.3 Å². The Hall–Kier alpha value is -2.48. The summed E-state index contributed by atoms with van der Waals surface area (Å²) in [7, 11) is 0. The normalized spacial score (nSPS) is 16.6. The Labute approximate surface area is 149 Å². The molecule has 1 aliphatic rings. The summed E-state index contributed by atoms with van der Waals surface area (Å²) in [6.45, 7) is 2.72. The van der Waals surface area contributed by atoms with Crippen molar-refractivity contribution in [1.82, 2.24) is 19.8 Å². The van der Waals surface area contributed by atoms with Gasteiger partial charge >= 0.3 is 6.18 Å². The molecule has 0 saturated carbocycles. The van der Waals surface area contributed by atoms with Gasteiger partial charge in [-0.25, -0.2) is 0 Å². The molecular weight excluding hydrogens is 345 g/mol. The fourth-order valence-corrected chi connectivity index (χ4v) is 2.87. The summed E-state index contributed by atoms with van der Waals surface area (Å²) in [4.78, 5) is 23.9. The van der Waals surface area contributed by atoms with E-state index in [4.69, 9.17) is 0 Å². The van der Waals surface area contributed by atoms with Gasteiger partial charge < -0.3 is 4.90 Å². The molecule has 2 aromatic rings. The Balaban J connectivity index is 1.58. The molecule has 2 aromatic heterocycles. The number of carbonyl (C=O) groups is 1. The SMILES string of the molecule is O=C1CCN(Cc2ccc(C(F)(F)F)nc2)CCN1Cc1ccccn1. The van der Waals surface area contributed by atoms with Crippen molar-refractivity contribution < 1.29 is 18.0 Å². The monoisotopic (exact) mass is 364 g/mol. The van der Waals surface area contributed by atoms with Gasteiger partial charge in [0.15, 0.2) is 0 Å². The van der Waals surface area contributed by atoms with E-state index in [1.807, 2.05) is 18.2 Å². The Bertz CT molecular complexity index is 734. The zero-order valence-corrected chi connectivity index (χ0v) is 14.1. The largest absolute Gasteiger partial charge is 0.433 e. The predicted molar refractivity (Wildman–Crippen MR) is 88.8 cm³/mol. The molecule has 0 aromatic carbocycles. The van der Waals surface area contributed by atoms with Crippen molar-refractivity contribution in [3.63, 3.8) is 0 Å². The molecule has 3 rings (SSSR count). The molecule has 0 radical (unpaired) electrons. The van der Waals surface area contributed by atoms with Crippen LogP contribution in [0.25, 0.3) is 0 Å². The van der Waals surface area contributed by atoms with Gasteiger partial charge in [-0.1, -0.05) is 12.1 Å². The fraction of sp³-hybridized carbons (Fsp3) is 0.389. The van der Waals surface area contributed by atoms with E-state index in [1.54, 1.807) is 11.1 Å². The molecule has 1 aliphatic heterocycles. The molecule has 1 amide bonds. The first-order valence-electron chi connectivity index (χ1n) is 8.34. The number of carbonyl (C=O) groups excluding carboxylic acids is 1. The van der Waals surface area contributed by atoms with Crippen molar-refractivity contribution in [2.45, 2.75) is 25.7 Å². The Kier molecular flexibility index (Phi) is 5.51. The summed E-state index contributed by atoms with van der Waals surface area (Å²) in [6.07, 6.45) is -1.11. The van der Waals surface area contributed by atoms with Crippen LogP contribution in [0.15, 0.2) is 42.7 Å². The van der Waals surface area contributed by atoms with E-state index in [9.17, 15) is 18.0 Å². The van der Waals surface area contributed by atoms with Gasteiger partial charge in [0.2, 0.25) is 5.91 Å². The maximum absolute atomic E-state index is 12.6. The van der Waals surface area contributed by atoms with Gasteiger partial charge in [0.05, 0.1) is 12.2 Å². The van der Waals surface area contributed by atoms with Crippen LogP contribution < -0.4 is 0 Å². The summed E-state index contributed by atoms with van der Waals surface area (Å²) in [6, 6.07) is 8.02. The van der Waals surface area contributed by atoms with Crippen LogP contribution in [0.2, 0.25) is 0 Å². The van der Waals surface area contributed by atoms with Crippen molar-refractivity contribution in [2.24, 2.45) is 0 Å². The summed E-state index contributed by atoms with van der Waals surface area (Å²) in [5, 5.41) is 0. The lowest BCUT2D eigenvalue weighted by Gasteiger charge is -2.22. The minimum absolute atomic E-state index is 0.0590. The number of aromatic nitrogens is 2. The highest BCUT2D eigenvalue weighted by atomic mass is 19.4. The first-order valence-corrected chi connectivity index (χ1v) is 8.34. The lowest BCUT2D eigenvalue weighted by atomic mass is 10.2. The van der Waals surface area contributed by atoms with Crippen LogP contribution in [0.1, 0.15) is 23.4 Å². The molecule has 0 spiro atoms. The quantitative estimate of drug-likeness (QED) is 0.837. The van der Waals surface area contributed by atoms with E-state index in [-0.39, 0.29) is 5.91 Å². The molecule has 0 unspecified atom stereocenters. The molecule has 26 heavy (non-hydrogen) atoms. The maximum atomic E-state index is 12.6. The number of alkyl halides is 3. The molecule has 138 valence electrons. The molecule has 3 heterocycles. The van der Waals surface area contributed by atoms with E-state index in [2.05, 4.69) is 14.9 Å². The van der Waals surface area contributed by atoms with Crippen LogP contribution in [0.5, 0.6) is 0 Å². The lowest BCUT2D eigenvalue weighted by molar-refractivity contribution is -0.141. The number of hydrogen-bond donors (Lipinski definition) is 0. The maximum Gasteiger partial charge on any atom is 0.433 e. The third-order valence-electron chi connectivity index (χ3n) is 4.28. The first-order chi connectivity index (χ1) is 12.4. The number of pyridine rings is 2.